The zero-order valence-corrected chi connectivity index (χ0v) is 23.9. The molecule has 0 unspecified atom stereocenters. The van der Waals surface area contributed by atoms with E-state index in [4.69, 9.17) is 4.74 Å². The Morgan fingerprint density at radius 1 is 1.07 bits per heavy atom. The fourth-order valence-corrected chi connectivity index (χ4v) is 5.23. The molecule has 0 bridgehead atoms. The number of carbonyl (C=O) groups is 1. The molecule has 3 aromatic carbocycles. The van der Waals surface area contributed by atoms with Gasteiger partial charge in [0.25, 0.3) is 11.8 Å². The molecule has 0 radical (unpaired) electrons. The van der Waals surface area contributed by atoms with Crippen LogP contribution in [0.15, 0.2) is 60.7 Å². The van der Waals surface area contributed by atoms with E-state index in [-0.39, 0.29) is 48.0 Å². The molecule has 232 valence electrons. The molecule has 1 aliphatic heterocycles. The van der Waals surface area contributed by atoms with E-state index >= 15 is 0 Å². The minimum Gasteiger partial charge on any atom is -0.506 e. The van der Waals surface area contributed by atoms with E-state index in [0.717, 1.165) is 18.4 Å². The molecule has 3 aromatic rings. The largest absolute Gasteiger partial charge is 0.506 e. The fourth-order valence-electron chi connectivity index (χ4n) is 4.67. The summed E-state index contributed by atoms with van der Waals surface area (Å²) in [4.78, 5) is 14.7. The monoisotopic (exact) mass is 627 g/mol. The molecule has 3 N–H and O–H groups in total. The van der Waals surface area contributed by atoms with Crippen molar-refractivity contribution in [3.8, 4) is 22.6 Å². The SMILES string of the molecule is CS(=O)(=O)Nc1cc(NC(=O)c2ccc(-c3ccc(C(F)(F)F)cc3)c(OCCCN3CCCC(F)(F)C3)c2)ccc1O. The molecule has 1 amide bonds. The van der Waals surface area contributed by atoms with Gasteiger partial charge in [0.15, 0.2) is 0 Å². The molecule has 1 saturated heterocycles. The van der Waals surface area contributed by atoms with E-state index in [2.05, 4.69) is 10.0 Å². The van der Waals surface area contributed by atoms with Crippen molar-refractivity contribution >= 4 is 27.3 Å². The molecule has 1 fully saturated rings. The summed E-state index contributed by atoms with van der Waals surface area (Å²) in [6.45, 7) is 0.661. The van der Waals surface area contributed by atoms with Gasteiger partial charge in [-0.05, 0) is 73.5 Å². The summed E-state index contributed by atoms with van der Waals surface area (Å²) in [6.07, 6.45) is -2.99. The lowest BCUT2D eigenvalue weighted by Crippen LogP contribution is -2.43. The predicted molar refractivity (Wildman–Crippen MR) is 152 cm³/mol. The summed E-state index contributed by atoms with van der Waals surface area (Å²) in [5.41, 5.74) is 0.133. The quantitative estimate of drug-likeness (QED) is 0.107. The van der Waals surface area contributed by atoms with E-state index < -0.39 is 33.6 Å². The molecular weight excluding hydrogens is 597 g/mol. The number of nitrogens with one attached hydrogen (secondary N) is 2. The number of nitrogens with zero attached hydrogens (tertiary/aromatic N) is 1. The molecule has 0 saturated carbocycles. The standard InChI is InChI=1S/C29H30F5N3O5S/c1-43(40,41)36-24-17-22(9-11-25(24)38)35-27(39)20-6-10-23(19-4-7-21(8-5-19)29(32,33)34)26(16-20)42-15-3-14-37-13-2-12-28(30,31)18-37/h4-11,16-17,36,38H,2-3,12-15,18H2,1H3,(H,35,39). The Bertz CT molecular complexity index is 1560. The van der Waals surface area contributed by atoms with Crippen LogP contribution in [0.1, 0.15) is 35.2 Å². The van der Waals surface area contributed by atoms with Gasteiger partial charge in [-0.25, -0.2) is 17.2 Å². The molecule has 1 heterocycles. The van der Waals surface area contributed by atoms with Gasteiger partial charge in [0.05, 0.1) is 30.7 Å². The Kier molecular flexibility index (Phi) is 9.50. The fraction of sp³-hybridized carbons (Fsp3) is 0.345. The highest BCUT2D eigenvalue weighted by atomic mass is 32.2. The van der Waals surface area contributed by atoms with Crippen LogP contribution in [0.5, 0.6) is 11.5 Å². The predicted octanol–water partition coefficient (Wildman–Crippen LogP) is 6.20. The maximum absolute atomic E-state index is 13.7. The van der Waals surface area contributed by atoms with Crippen LogP contribution >= 0.6 is 0 Å². The average molecular weight is 628 g/mol. The summed E-state index contributed by atoms with van der Waals surface area (Å²) in [6, 6.07) is 12.6. The average Bonchev–Trinajstić information content (AvgIpc) is 2.91. The smallest absolute Gasteiger partial charge is 0.416 e. The highest BCUT2D eigenvalue weighted by Gasteiger charge is 2.34. The molecular formula is C29H30F5N3O5S. The topological polar surface area (TPSA) is 108 Å². The first-order chi connectivity index (χ1) is 20.1. The Labute approximate surface area is 245 Å². The lowest BCUT2D eigenvalue weighted by Gasteiger charge is -2.32. The van der Waals surface area contributed by atoms with Crippen molar-refractivity contribution in [1.82, 2.24) is 4.90 Å². The van der Waals surface area contributed by atoms with E-state index in [9.17, 15) is 40.3 Å². The minimum atomic E-state index is -4.52. The molecule has 0 aliphatic carbocycles. The number of anilines is 2. The summed E-state index contributed by atoms with van der Waals surface area (Å²) in [7, 11) is -3.71. The first kappa shape index (κ1) is 32.0. The van der Waals surface area contributed by atoms with Crippen LogP contribution in [0.4, 0.5) is 33.3 Å². The van der Waals surface area contributed by atoms with Crippen molar-refractivity contribution < 1.29 is 45.0 Å². The number of hydrogen-bond acceptors (Lipinski definition) is 6. The molecule has 0 aromatic heterocycles. The maximum Gasteiger partial charge on any atom is 0.416 e. The molecule has 0 spiro atoms. The number of aromatic hydroxyl groups is 1. The Hall–Kier alpha value is -3.91. The number of amides is 1. The minimum absolute atomic E-state index is 0.0965. The van der Waals surface area contributed by atoms with Crippen molar-refractivity contribution in [2.24, 2.45) is 0 Å². The van der Waals surface area contributed by atoms with Crippen LogP contribution in [-0.4, -0.2) is 62.8 Å². The zero-order chi connectivity index (χ0) is 31.4. The number of likely N-dealkylation sites (tertiary alicyclic amines) is 1. The molecule has 1 aliphatic rings. The lowest BCUT2D eigenvalue weighted by molar-refractivity contribution is -0.137. The van der Waals surface area contributed by atoms with Crippen LogP contribution in [0.2, 0.25) is 0 Å². The highest BCUT2D eigenvalue weighted by molar-refractivity contribution is 7.92. The number of hydrogen-bond donors (Lipinski definition) is 3. The first-order valence-electron chi connectivity index (χ1n) is 13.3. The van der Waals surface area contributed by atoms with Crippen molar-refractivity contribution in [2.75, 3.05) is 42.5 Å². The van der Waals surface area contributed by atoms with Gasteiger partial charge in [-0.1, -0.05) is 12.1 Å². The maximum atomic E-state index is 13.7. The van der Waals surface area contributed by atoms with Crippen molar-refractivity contribution in [3.63, 3.8) is 0 Å². The number of sulfonamides is 1. The van der Waals surface area contributed by atoms with E-state index in [1.54, 1.807) is 4.90 Å². The molecule has 8 nitrogen and oxygen atoms in total. The second kappa shape index (κ2) is 12.8. The van der Waals surface area contributed by atoms with Crippen LogP contribution in [0.25, 0.3) is 11.1 Å². The number of carbonyl (C=O) groups excluding carboxylic acids is 1. The number of benzene rings is 3. The Morgan fingerprint density at radius 3 is 2.44 bits per heavy atom. The Balaban J connectivity index is 1.54. The number of piperidine rings is 1. The third-order valence-corrected chi connectivity index (χ3v) is 7.26. The third kappa shape index (κ3) is 9.04. The van der Waals surface area contributed by atoms with Gasteiger partial charge in [0.2, 0.25) is 10.0 Å². The summed E-state index contributed by atoms with van der Waals surface area (Å²) in [5.74, 6) is -3.51. The van der Waals surface area contributed by atoms with E-state index in [0.29, 0.717) is 37.1 Å². The van der Waals surface area contributed by atoms with Gasteiger partial charge in [0.1, 0.15) is 11.5 Å². The van der Waals surface area contributed by atoms with Crippen molar-refractivity contribution in [2.45, 2.75) is 31.4 Å². The molecule has 14 heteroatoms. The normalized spacial score (nSPS) is 15.6. The van der Waals surface area contributed by atoms with Gasteiger partial charge < -0.3 is 15.2 Å². The number of rotatable bonds is 10. The second-order valence-corrected chi connectivity index (χ2v) is 12.0. The van der Waals surface area contributed by atoms with E-state index in [1.807, 2.05) is 0 Å². The molecule has 43 heavy (non-hydrogen) atoms. The summed E-state index contributed by atoms with van der Waals surface area (Å²) in [5, 5.41) is 12.5. The number of phenols is 1. The number of phenolic OH excluding ortho intramolecular Hbond substituents is 1. The van der Waals surface area contributed by atoms with Gasteiger partial charge >= 0.3 is 6.18 Å². The van der Waals surface area contributed by atoms with Crippen LogP contribution in [0, 0.1) is 0 Å². The molecule has 4 rings (SSSR count). The van der Waals surface area contributed by atoms with Crippen molar-refractivity contribution in [3.05, 3.63) is 71.8 Å². The summed E-state index contributed by atoms with van der Waals surface area (Å²) < 4.78 is 98.0. The van der Waals surface area contributed by atoms with E-state index in [1.165, 1.54) is 48.5 Å². The molecule has 0 atom stereocenters. The number of alkyl halides is 5. The number of halogens is 5. The second-order valence-electron chi connectivity index (χ2n) is 10.3. The lowest BCUT2D eigenvalue weighted by atomic mass is 10.0. The zero-order valence-electron chi connectivity index (χ0n) is 23.0. The van der Waals surface area contributed by atoms with Gasteiger partial charge in [0, 0.05) is 29.8 Å². The van der Waals surface area contributed by atoms with Crippen molar-refractivity contribution in [1.29, 1.82) is 0 Å². The highest BCUT2D eigenvalue weighted by Crippen LogP contribution is 2.35. The van der Waals surface area contributed by atoms with Gasteiger partial charge in [-0.2, -0.15) is 13.2 Å². The Morgan fingerprint density at radius 2 is 1.79 bits per heavy atom. The van der Waals surface area contributed by atoms with Crippen LogP contribution in [0.3, 0.4) is 0 Å². The number of ether oxygens (including phenoxy) is 1. The third-order valence-electron chi connectivity index (χ3n) is 6.66. The van der Waals surface area contributed by atoms with Crippen LogP contribution in [-0.2, 0) is 16.2 Å². The first-order valence-corrected chi connectivity index (χ1v) is 15.2. The van der Waals surface area contributed by atoms with Gasteiger partial charge in [-0.3, -0.25) is 14.4 Å². The van der Waals surface area contributed by atoms with Crippen LogP contribution < -0.4 is 14.8 Å². The van der Waals surface area contributed by atoms with Gasteiger partial charge in [-0.15, -0.1) is 0 Å². The summed E-state index contributed by atoms with van der Waals surface area (Å²) >= 11 is 0.